The second kappa shape index (κ2) is 6.15. The molecule has 1 saturated heterocycles. The minimum Gasteiger partial charge on any atom is -0.212 e. The number of aryl methyl sites for hydroxylation is 1. The molecule has 1 aliphatic rings. The Kier molecular flexibility index (Phi) is 4.76. The molecule has 0 N–H and O–H groups in total. The molecule has 7 heteroatoms. The molecule has 19 heavy (non-hydrogen) atoms. The third-order valence-corrected chi connectivity index (χ3v) is 4.95. The molecule has 106 valence electrons. The van der Waals surface area contributed by atoms with Gasteiger partial charge in [-0.1, -0.05) is 18.0 Å². The molecule has 0 amide bonds. The summed E-state index contributed by atoms with van der Waals surface area (Å²) in [7, 11) is -3.11. The van der Waals surface area contributed by atoms with Gasteiger partial charge in [0.15, 0.2) is 5.15 Å². The fourth-order valence-corrected chi connectivity index (χ4v) is 3.80. The second-order valence-corrected chi connectivity index (χ2v) is 7.23. The molecule has 1 aromatic rings. The van der Waals surface area contributed by atoms with Gasteiger partial charge in [-0.05, 0) is 37.8 Å². The van der Waals surface area contributed by atoms with Crippen molar-refractivity contribution in [3.05, 3.63) is 23.0 Å². The number of rotatable bonds is 4. The maximum atomic E-state index is 11.7. The number of hydrogen-bond donors (Lipinski definition) is 0. The van der Waals surface area contributed by atoms with Crippen molar-refractivity contribution < 1.29 is 8.42 Å². The van der Waals surface area contributed by atoms with E-state index in [1.54, 1.807) is 10.4 Å². The Morgan fingerprint density at radius 1 is 1.37 bits per heavy atom. The zero-order chi connectivity index (χ0) is 13.9. The Labute approximate surface area is 119 Å². The smallest absolute Gasteiger partial charge is 0.211 e. The van der Waals surface area contributed by atoms with Crippen molar-refractivity contribution in [2.75, 3.05) is 12.8 Å². The summed E-state index contributed by atoms with van der Waals surface area (Å²) in [5, 5.41) is 8.17. The minimum atomic E-state index is -3.11. The molecule has 0 aliphatic carbocycles. The van der Waals surface area contributed by atoms with Gasteiger partial charge in [-0.3, -0.25) is 0 Å². The van der Waals surface area contributed by atoms with E-state index in [1.165, 1.54) is 6.26 Å². The molecule has 1 fully saturated rings. The van der Waals surface area contributed by atoms with E-state index in [4.69, 9.17) is 11.6 Å². The summed E-state index contributed by atoms with van der Waals surface area (Å²) in [6.45, 7) is 0.635. The zero-order valence-electron chi connectivity index (χ0n) is 10.9. The third kappa shape index (κ3) is 4.12. The van der Waals surface area contributed by atoms with Crippen LogP contribution in [-0.2, 0) is 16.4 Å². The number of halogens is 1. The lowest BCUT2D eigenvalue weighted by molar-refractivity contribution is 0.242. The molecular weight excluding hydrogens is 286 g/mol. The first-order valence-corrected chi connectivity index (χ1v) is 8.64. The summed E-state index contributed by atoms with van der Waals surface area (Å²) in [6, 6.07) is 3.63. The molecule has 1 atom stereocenters. The van der Waals surface area contributed by atoms with Crippen LogP contribution in [0.3, 0.4) is 0 Å². The largest absolute Gasteiger partial charge is 0.212 e. The Hall–Kier alpha value is -0.720. The van der Waals surface area contributed by atoms with E-state index >= 15 is 0 Å². The van der Waals surface area contributed by atoms with Crippen LogP contribution in [0.4, 0.5) is 0 Å². The van der Waals surface area contributed by atoms with Gasteiger partial charge in [0, 0.05) is 12.6 Å². The standard InChI is InChI=1S/C12H18ClN3O2S/c1-19(17,18)16-9-3-2-4-11(16)7-5-10-6-8-12(13)15-14-10/h6,8,11H,2-5,7,9H2,1H3. The molecule has 0 saturated carbocycles. The van der Waals surface area contributed by atoms with Gasteiger partial charge < -0.3 is 0 Å². The van der Waals surface area contributed by atoms with Crippen LogP contribution < -0.4 is 0 Å². The molecule has 5 nitrogen and oxygen atoms in total. The maximum Gasteiger partial charge on any atom is 0.211 e. The van der Waals surface area contributed by atoms with E-state index in [-0.39, 0.29) is 6.04 Å². The topological polar surface area (TPSA) is 63.2 Å². The summed E-state index contributed by atoms with van der Waals surface area (Å²) >= 11 is 5.68. The fourth-order valence-electron chi connectivity index (χ4n) is 2.49. The molecule has 2 rings (SSSR count). The number of aromatic nitrogens is 2. The van der Waals surface area contributed by atoms with Gasteiger partial charge in [0.1, 0.15) is 0 Å². The van der Waals surface area contributed by atoms with Crippen molar-refractivity contribution in [1.82, 2.24) is 14.5 Å². The first kappa shape index (κ1) is 14.7. The monoisotopic (exact) mass is 303 g/mol. The first-order valence-electron chi connectivity index (χ1n) is 6.42. The SMILES string of the molecule is CS(=O)(=O)N1CCCCC1CCc1ccc(Cl)nn1. The van der Waals surface area contributed by atoms with E-state index < -0.39 is 10.0 Å². The van der Waals surface area contributed by atoms with Crippen LogP contribution in [-0.4, -0.2) is 41.8 Å². The lowest BCUT2D eigenvalue weighted by Gasteiger charge is -2.33. The van der Waals surface area contributed by atoms with Crippen LogP contribution in [0.1, 0.15) is 31.4 Å². The van der Waals surface area contributed by atoms with Gasteiger partial charge in [0.05, 0.1) is 11.9 Å². The summed E-state index contributed by atoms with van der Waals surface area (Å²) in [4.78, 5) is 0. The second-order valence-electron chi connectivity index (χ2n) is 4.91. The van der Waals surface area contributed by atoms with Crippen molar-refractivity contribution in [1.29, 1.82) is 0 Å². The van der Waals surface area contributed by atoms with Crippen LogP contribution >= 0.6 is 11.6 Å². The van der Waals surface area contributed by atoms with Crippen LogP contribution in [0.5, 0.6) is 0 Å². The average molecular weight is 304 g/mol. The van der Waals surface area contributed by atoms with E-state index in [0.717, 1.165) is 37.8 Å². The predicted molar refractivity (Wildman–Crippen MR) is 74.6 cm³/mol. The molecule has 2 heterocycles. The molecular formula is C12H18ClN3O2S. The van der Waals surface area contributed by atoms with Gasteiger partial charge in [-0.2, -0.15) is 9.40 Å². The van der Waals surface area contributed by atoms with Crippen LogP contribution in [0, 0.1) is 0 Å². The highest BCUT2D eigenvalue weighted by molar-refractivity contribution is 7.88. The molecule has 0 aromatic carbocycles. The van der Waals surface area contributed by atoms with Crippen molar-refractivity contribution >= 4 is 21.6 Å². The maximum absolute atomic E-state index is 11.7. The minimum absolute atomic E-state index is 0.0845. The highest BCUT2D eigenvalue weighted by Crippen LogP contribution is 2.23. The van der Waals surface area contributed by atoms with E-state index in [0.29, 0.717) is 11.7 Å². The summed E-state index contributed by atoms with van der Waals surface area (Å²) in [5.74, 6) is 0. The van der Waals surface area contributed by atoms with Gasteiger partial charge >= 0.3 is 0 Å². The normalized spacial score (nSPS) is 21.5. The van der Waals surface area contributed by atoms with Gasteiger partial charge in [-0.15, -0.1) is 5.10 Å². The number of nitrogens with zero attached hydrogens (tertiary/aromatic N) is 3. The van der Waals surface area contributed by atoms with Crippen molar-refractivity contribution in [3.8, 4) is 0 Å². The highest BCUT2D eigenvalue weighted by atomic mass is 35.5. The van der Waals surface area contributed by atoms with Crippen LogP contribution in [0.15, 0.2) is 12.1 Å². The molecule has 1 unspecified atom stereocenters. The van der Waals surface area contributed by atoms with E-state index in [9.17, 15) is 8.42 Å². The summed E-state index contributed by atoms with van der Waals surface area (Å²) in [6.07, 6.45) is 5.75. The van der Waals surface area contributed by atoms with Crippen LogP contribution in [0.25, 0.3) is 0 Å². The Morgan fingerprint density at radius 3 is 2.79 bits per heavy atom. The number of hydrogen-bond acceptors (Lipinski definition) is 4. The third-order valence-electron chi connectivity index (χ3n) is 3.42. The van der Waals surface area contributed by atoms with Crippen LogP contribution in [0.2, 0.25) is 5.15 Å². The quantitative estimate of drug-likeness (QED) is 0.852. The van der Waals surface area contributed by atoms with Gasteiger partial charge in [-0.25, -0.2) is 8.42 Å². The van der Waals surface area contributed by atoms with Gasteiger partial charge in [0.2, 0.25) is 10.0 Å². The van der Waals surface area contributed by atoms with Crippen molar-refractivity contribution in [2.45, 2.75) is 38.1 Å². The Balaban J connectivity index is 1.98. The molecule has 0 radical (unpaired) electrons. The molecule has 0 spiro atoms. The van der Waals surface area contributed by atoms with Crippen molar-refractivity contribution in [3.63, 3.8) is 0 Å². The molecule has 1 aromatic heterocycles. The lowest BCUT2D eigenvalue weighted by Crippen LogP contribution is -2.43. The lowest BCUT2D eigenvalue weighted by atomic mass is 9.99. The van der Waals surface area contributed by atoms with Gasteiger partial charge in [0.25, 0.3) is 0 Å². The first-order chi connectivity index (χ1) is 8.97. The summed E-state index contributed by atoms with van der Waals surface area (Å²) < 4.78 is 25.1. The number of sulfonamides is 1. The van der Waals surface area contributed by atoms with E-state index in [2.05, 4.69) is 10.2 Å². The summed E-state index contributed by atoms with van der Waals surface area (Å²) in [5.41, 5.74) is 0.850. The zero-order valence-corrected chi connectivity index (χ0v) is 12.5. The fraction of sp³-hybridized carbons (Fsp3) is 0.667. The average Bonchev–Trinajstić information content (AvgIpc) is 2.37. The Bertz CT molecular complexity index is 518. The van der Waals surface area contributed by atoms with E-state index in [1.807, 2.05) is 6.07 Å². The number of piperidine rings is 1. The highest BCUT2D eigenvalue weighted by Gasteiger charge is 2.28. The molecule has 1 aliphatic heterocycles. The molecule has 0 bridgehead atoms. The predicted octanol–water partition coefficient (Wildman–Crippen LogP) is 1.88. The van der Waals surface area contributed by atoms with Crippen molar-refractivity contribution in [2.24, 2.45) is 0 Å². The Morgan fingerprint density at radius 2 is 2.16 bits per heavy atom.